The van der Waals surface area contributed by atoms with Crippen molar-refractivity contribution >= 4 is 43.9 Å². The number of hydrogen-bond donors (Lipinski definition) is 0. The van der Waals surface area contributed by atoms with Crippen LogP contribution in [0, 0.1) is 22.7 Å². The number of furan rings is 2. The first kappa shape index (κ1) is 23.8. The summed E-state index contributed by atoms with van der Waals surface area (Å²) in [5, 5.41) is 23.0. The average Bonchev–Trinajstić information content (AvgIpc) is 3.62. The summed E-state index contributed by atoms with van der Waals surface area (Å²) in [5.41, 5.74) is 10.6. The van der Waals surface area contributed by atoms with E-state index in [4.69, 9.17) is 8.83 Å². The smallest absolute Gasteiger partial charge is 0.136 e. The number of fused-ring (bicyclic) bond motifs is 6. The second kappa shape index (κ2) is 9.24. The number of benzene rings is 6. The van der Waals surface area contributed by atoms with Crippen LogP contribution in [0.2, 0.25) is 0 Å². The molecule has 4 nitrogen and oxygen atoms in total. The molecule has 6 aromatic carbocycles. The third kappa shape index (κ3) is 3.75. The molecule has 0 aliphatic heterocycles. The summed E-state index contributed by atoms with van der Waals surface area (Å²) in [6, 6.07) is 44.7. The van der Waals surface area contributed by atoms with Crippen molar-refractivity contribution in [2.24, 2.45) is 0 Å². The van der Waals surface area contributed by atoms with Gasteiger partial charge in [-0.05, 0) is 106 Å². The topological polar surface area (TPSA) is 73.9 Å². The molecule has 0 fully saturated rings. The third-order valence-corrected chi connectivity index (χ3v) is 7.91. The number of rotatable bonds is 3. The standard InChI is InChI=1S/C38H20N2O2/c39-21-23-5-3-6-25(15-23)27-17-28(26-12-13-31-33-16-24(22-40)11-14-35(33)42-37(31)20-26)19-29(18-27)30-8-4-10-36-38(30)32-7-1-2-9-34(32)41-36/h1-20H. The minimum atomic E-state index is 0.604. The van der Waals surface area contributed by atoms with Crippen LogP contribution in [0.5, 0.6) is 0 Å². The third-order valence-electron chi connectivity index (χ3n) is 7.91. The molecule has 8 aromatic rings. The maximum Gasteiger partial charge on any atom is 0.136 e. The number of nitrogens with zero attached hydrogens (tertiary/aromatic N) is 2. The van der Waals surface area contributed by atoms with Gasteiger partial charge in [-0.1, -0.05) is 48.5 Å². The first-order chi connectivity index (χ1) is 20.7. The summed E-state index contributed by atoms with van der Waals surface area (Å²) in [4.78, 5) is 0. The summed E-state index contributed by atoms with van der Waals surface area (Å²) in [5.74, 6) is 0. The average molecular weight is 537 g/mol. The number of nitriles is 2. The molecule has 2 aromatic heterocycles. The van der Waals surface area contributed by atoms with Crippen molar-refractivity contribution in [2.45, 2.75) is 0 Å². The van der Waals surface area contributed by atoms with E-state index in [9.17, 15) is 10.5 Å². The van der Waals surface area contributed by atoms with E-state index in [0.717, 1.165) is 77.3 Å². The van der Waals surface area contributed by atoms with Gasteiger partial charge in [0.2, 0.25) is 0 Å². The van der Waals surface area contributed by atoms with E-state index in [1.54, 1.807) is 6.07 Å². The predicted octanol–water partition coefficient (Wildman–Crippen LogP) is 10.2. The molecule has 0 saturated heterocycles. The highest BCUT2D eigenvalue weighted by atomic mass is 16.3. The summed E-state index contributed by atoms with van der Waals surface area (Å²) in [7, 11) is 0. The Balaban J connectivity index is 1.38. The first-order valence-electron chi connectivity index (χ1n) is 13.6. The lowest BCUT2D eigenvalue weighted by atomic mass is 9.91. The van der Waals surface area contributed by atoms with Crippen molar-refractivity contribution in [3.8, 4) is 45.5 Å². The second-order valence-corrected chi connectivity index (χ2v) is 10.4. The van der Waals surface area contributed by atoms with Crippen LogP contribution in [-0.2, 0) is 0 Å². The molecule has 0 spiro atoms. The van der Waals surface area contributed by atoms with Crippen LogP contribution in [0.3, 0.4) is 0 Å². The van der Waals surface area contributed by atoms with Gasteiger partial charge in [0.1, 0.15) is 22.3 Å². The predicted molar refractivity (Wildman–Crippen MR) is 167 cm³/mol. The molecule has 194 valence electrons. The first-order valence-corrected chi connectivity index (χ1v) is 13.6. The Morgan fingerprint density at radius 2 is 1.10 bits per heavy atom. The maximum absolute atomic E-state index is 9.57. The van der Waals surface area contributed by atoms with Gasteiger partial charge in [0.15, 0.2) is 0 Å². The van der Waals surface area contributed by atoms with Crippen LogP contribution in [0.25, 0.3) is 77.3 Å². The molecule has 0 amide bonds. The van der Waals surface area contributed by atoms with E-state index >= 15 is 0 Å². The van der Waals surface area contributed by atoms with Crippen molar-refractivity contribution in [1.29, 1.82) is 10.5 Å². The van der Waals surface area contributed by atoms with Gasteiger partial charge in [-0.3, -0.25) is 0 Å². The van der Waals surface area contributed by atoms with Gasteiger partial charge < -0.3 is 8.83 Å². The summed E-state index contributed by atoms with van der Waals surface area (Å²) in [6.45, 7) is 0. The molecule has 0 saturated carbocycles. The van der Waals surface area contributed by atoms with E-state index in [-0.39, 0.29) is 0 Å². The van der Waals surface area contributed by atoms with E-state index in [2.05, 4.69) is 60.7 Å². The van der Waals surface area contributed by atoms with Crippen LogP contribution in [0.1, 0.15) is 11.1 Å². The highest BCUT2D eigenvalue weighted by molar-refractivity contribution is 6.13. The molecular formula is C38H20N2O2. The molecule has 0 aliphatic carbocycles. The highest BCUT2D eigenvalue weighted by Gasteiger charge is 2.16. The Labute approximate surface area is 240 Å². The summed E-state index contributed by atoms with van der Waals surface area (Å²) >= 11 is 0. The Morgan fingerprint density at radius 1 is 0.405 bits per heavy atom. The minimum absolute atomic E-state index is 0.604. The van der Waals surface area contributed by atoms with Crippen molar-refractivity contribution < 1.29 is 8.83 Å². The van der Waals surface area contributed by atoms with E-state index in [1.807, 2.05) is 66.7 Å². The molecule has 42 heavy (non-hydrogen) atoms. The summed E-state index contributed by atoms with van der Waals surface area (Å²) < 4.78 is 12.4. The molecule has 0 aliphatic rings. The molecule has 4 heteroatoms. The highest BCUT2D eigenvalue weighted by Crippen LogP contribution is 2.41. The maximum atomic E-state index is 9.57. The monoisotopic (exact) mass is 536 g/mol. The molecule has 0 bridgehead atoms. The Morgan fingerprint density at radius 3 is 1.95 bits per heavy atom. The second-order valence-electron chi connectivity index (χ2n) is 10.4. The molecule has 2 heterocycles. The van der Waals surface area contributed by atoms with Gasteiger partial charge in [0, 0.05) is 21.5 Å². The largest absolute Gasteiger partial charge is 0.456 e. The fourth-order valence-corrected chi connectivity index (χ4v) is 5.93. The van der Waals surface area contributed by atoms with Gasteiger partial charge in [-0.15, -0.1) is 0 Å². The lowest BCUT2D eigenvalue weighted by Gasteiger charge is -2.12. The van der Waals surface area contributed by atoms with Gasteiger partial charge in [-0.2, -0.15) is 10.5 Å². The van der Waals surface area contributed by atoms with Gasteiger partial charge >= 0.3 is 0 Å². The molecule has 8 rings (SSSR count). The van der Waals surface area contributed by atoms with E-state index in [0.29, 0.717) is 11.1 Å². The molecule has 0 radical (unpaired) electrons. The van der Waals surface area contributed by atoms with E-state index in [1.165, 1.54) is 0 Å². The fourth-order valence-electron chi connectivity index (χ4n) is 5.93. The minimum Gasteiger partial charge on any atom is -0.456 e. The van der Waals surface area contributed by atoms with Crippen molar-refractivity contribution in [2.75, 3.05) is 0 Å². The quantitative estimate of drug-likeness (QED) is 0.225. The lowest BCUT2D eigenvalue weighted by Crippen LogP contribution is -1.88. The normalized spacial score (nSPS) is 11.3. The van der Waals surface area contributed by atoms with Crippen LogP contribution in [-0.4, -0.2) is 0 Å². The van der Waals surface area contributed by atoms with Crippen LogP contribution in [0.4, 0.5) is 0 Å². The number of hydrogen-bond acceptors (Lipinski definition) is 4. The Bertz CT molecular complexity index is 2450. The van der Waals surface area contributed by atoms with Crippen LogP contribution in [0.15, 0.2) is 130 Å². The molecule has 0 N–H and O–H groups in total. The zero-order chi connectivity index (χ0) is 28.2. The molecule has 0 atom stereocenters. The van der Waals surface area contributed by atoms with Crippen molar-refractivity contribution in [3.05, 3.63) is 132 Å². The van der Waals surface area contributed by atoms with Gasteiger partial charge in [0.05, 0.1) is 23.3 Å². The zero-order valence-corrected chi connectivity index (χ0v) is 22.3. The van der Waals surface area contributed by atoms with E-state index < -0.39 is 0 Å². The van der Waals surface area contributed by atoms with Crippen LogP contribution >= 0.6 is 0 Å². The molecule has 0 unspecified atom stereocenters. The SMILES string of the molecule is N#Cc1cccc(-c2cc(-c3ccc4c(c3)oc3ccc(C#N)cc34)cc(-c3cccc4oc5ccccc5c34)c2)c1. The van der Waals surface area contributed by atoms with Gasteiger partial charge in [-0.25, -0.2) is 0 Å². The lowest BCUT2D eigenvalue weighted by molar-refractivity contribution is 0.668. The van der Waals surface area contributed by atoms with Crippen molar-refractivity contribution in [3.63, 3.8) is 0 Å². The molecular weight excluding hydrogens is 516 g/mol. The Hall–Kier alpha value is -6.10. The van der Waals surface area contributed by atoms with Gasteiger partial charge in [0.25, 0.3) is 0 Å². The fraction of sp³-hybridized carbons (Fsp3) is 0. The summed E-state index contributed by atoms with van der Waals surface area (Å²) in [6.07, 6.45) is 0. The number of para-hydroxylation sites is 1. The zero-order valence-electron chi connectivity index (χ0n) is 22.3. The Kier molecular flexibility index (Phi) is 5.22. The van der Waals surface area contributed by atoms with Crippen LogP contribution < -0.4 is 0 Å². The van der Waals surface area contributed by atoms with Crippen molar-refractivity contribution in [1.82, 2.24) is 0 Å².